The highest BCUT2D eigenvalue weighted by Gasteiger charge is 2.23. The molecule has 0 aromatic heterocycles. The van der Waals surface area contributed by atoms with E-state index < -0.39 is 0 Å². The molecule has 0 saturated heterocycles. The van der Waals surface area contributed by atoms with Crippen molar-refractivity contribution in [1.29, 1.82) is 0 Å². The van der Waals surface area contributed by atoms with E-state index in [1.54, 1.807) is 62.8 Å². The van der Waals surface area contributed by atoms with E-state index in [4.69, 9.17) is 9.47 Å². The largest absolute Gasteiger partial charge is 0.496 e. The molecule has 0 unspecified atom stereocenters. The molecule has 164 valence electrons. The topological polar surface area (TPSA) is 52.6 Å². The molecule has 0 atom stereocenters. The van der Waals surface area contributed by atoms with Crippen molar-refractivity contribution in [2.75, 3.05) is 14.2 Å². The lowest BCUT2D eigenvalue weighted by molar-refractivity contribution is 0.103. The molecule has 0 fully saturated rings. The van der Waals surface area contributed by atoms with Crippen LogP contribution in [0, 0.1) is 0 Å². The van der Waals surface area contributed by atoms with Gasteiger partial charge >= 0.3 is 0 Å². The summed E-state index contributed by atoms with van der Waals surface area (Å²) in [6, 6.07) is 29.1. The van der Waals surface area contributed by atoms with E-state index in [0.29, 0.717) is 51.3 Å². The third-order valence-electron chi connectivity index (χ3n) is 5.62. The molecule has 0 bridgehead atoms. The maximum absolute atomic E-state index is 13.4. The third-order valence-corrected chi connectivity index (χ3v) is 5.62. The minimum atomic E-state index is -0.102. The second-order valence-electron chi connectivity index (χ2n) is 7.54. The van der Waals surface area contributed by atoms with Crippen molar-refractivity contribution in [3.63, 3.8) is 0 Å². The number of carbonyl (C=O) groups is 2. The highest BCUT2D eigenvalue weighted by molar-refractivity contribution is 6.11. The molecular formula is C29H24O4. The standard InChI is InChI=1S/C29H24O4/c1-32-26-17-9-15-22(28(30)20-11-5-3-6-12-20)24(26)19-25-23(16-10-18-27(25)33-2)29(31)21-13-7-4-8-14-21/h3-18H,19H2,1-2H3. The number of benzene rings is 4. The Bertz CT molecular complexity index is 1180. The van der Waals surface area contributed by atoms with Gasteiger partial charge in [0.25, 0.3) is 0 Å². The highest BCUT2D eigenvalue weighted by Crippen LogP contribution is 2.33. The van der Waals surface area contributed by atoms with Gasteiger partial charge in [0.2, 0.25) is 0 Å². The summed E-state index contributed by atoms with van der Waals surface area (Å²) < 4.78 is 11.2. The summed E-state index contributed by atoms with van der Waals surface area (Å²) in [6.07, 6.45) is 0.301. The van der Waals surface area contributed by atoms with E-state index in [1.165, 1.54) is 0 Å². The van der Waals surface area contributed by atoms with Crippen LogP contribution in [0.4, 0.5) is 0 Å². The van der Waals surface area contributed by atoms with Crippen LogP contribution < -0.4 is 9.47 Å². The van der Waals surface area contributed by atoms with Gasteiger partial charge in [-0.15, -0.1) is 0 Å². The zero-order valence-electron chi connectivity index (χ0n) is 18.6. The minimum absolute atomic E-state index is 0.102. The average Bonchev–Trinajstić information content (AvgIpc) is 2.89. The molecule has 0 aliphatic rings. The molecule has 0 aliphatic carbocycles. The van der Waals surface area contributed by atoms with Gasteiger partial charge in [0, 0.05) is 39.8 Å². The Morgan fingerprint density at radius 3 is 1.30 bits per heavy atom. The maximum Gasteiger partial charge on any atom is 0.193 e. The molecule has 0 aliphatic heterocycles. The molecule has 4 aromatic carbocycles. The Hall–Kier alpha value is -4.18. The van der Waals surface area contributed by atoms with Gasteiger partial charge in [-0.1, -0.05) is 84.9 Å². The first-order valence-electron chi connectivity index (χ1n) is 10.6. The van der Waals surface area contributed by atoms with E-state index in [1.807, 2.05) is 48.5 Å². The van der Waals surface area contributed by atoms with Gasteiger partial charge in [0.15, 0.2) is 11.6 Å². The summed E-state index contributed by atoms with van der Waals surface area (Å²) in [5, 5.41) is 0. The van der Waals surface area contributed by atoms with Crippen molar-refractivity contribution in [2.24, 2.45) is 0 Å². The number of hydrogen-bond acceptors (Lipinski definition) is 4. The summed E-state index contributed by atoms with van der Waals surface area (Å²) in [4.78, 5) is 26.7. The number of ketones is 2. The zero-order chi connectivity index (χ0) is 23.2. The molecule has 4 aromatic rings. The second-order valence-corrected chi connectivity index (χ2v) is 7.54. The fraction of sp³-hybridized carbons (Fsp3) is 0.103. The van der Waals surface area contributed by atoms with Crippen molar-refractivity contribution < 1.29 is 19.1 Å². The van der Waals surface area contributed by atoms with E-state index in [-0.39, 0.29) is 11.6 Å². The lowest BCUT2D eigenvalue weighted by Gasteiger charge is -2.18. The Labute approximate surface area is 193 Å². The van der Waals surface area contributed by atoms with E-state index in [2.05, 4.69) is 0 Å². The molecule has 0 heterocycles. The van der Waals surface area contributed by atoms with Crippen LogP contribution in [0.5, 0.6) is 11.5 Å². The minimum Gasteiger partial charge on any atom is -0.496 e. The quantitative estimate of drug-likeness (QED) is 0.330. The molecule has 0 radical (unpaired) electrons. The molecule has 4 rings (SSSR count). The van der Waals surface area contributed by atoms with Crippen molar-refractivity contribution in [3.05, 3.63) is 130 Å². The Balaban J connectivity index is 1.84. The summed E-state index contributed by atoms with van der Waals surface area (Å²) in [5.41, 5.74) is 3.66. The van der Waals surface area contributed by atoms with Gasteiger partial charge < -0.3 is 9.47 Å². The molecule has 0 N–H and O–H groups in total. The normalized spacial score (nSPS) is 10.5. The highest BCUT2D eigenvalue weighted by atomic mass is 16.5. The second kappa shape index (κ2) is 9.96. The van der Waals surface area contributed by atoms with Crippen molar-refractivity contribution >= 4 is 11.6 Å². The third kappa shape index (κ3) is 4.55. The fourth-order valence-corrected chi connectivity index (χ4v) is 3.97. The number of carbonyl (C=O) groups excluding carboxylic acids is 2. The van der Waals surface area contributed by atoms with Gasteiger partial charge in [-0.2, -0.15) is 0 Å². The first-order chi connectivity index (χ1) is 16.1. The van der Waals surface area contributed by atoms with Crippen LogP contribution in [-0.2, 0) is 6.42 Å². The van der Waals surface area contributed by atoms with Gasteiger partial charge in [0.1, 0.15) is 11.5 Å². The number of methoxy groups -OCH3 is 2. The van der Waals surface area contributed by atoms with Crippen molar-refractivity contribution in [2.45, 2.75) is 6.42 Å². The first kappa shape index (κ1) is 22.0. The molecule has 4 heteroatoms. The number of rotatable bonds is 8. The average molecular weight is 437 g/mol. The van der Waals surface area contributed by atoms with Crippen LogP contribution >= 0.6 is 0 Å². The smallest absolute Gasteiger partial charge is 0.193 e. The van der Waals surface area contributed by atoms with Gasteiger partial charge in [-0.25, -0.2) is 0 Å². The monoisotopic (exact) mass is 436 g/mol. The molecule has 0 saturated carbocycles. The Morgan fingerprint density at radius 2 is 0.939 bits per heavy atom. The maximum atomic E-state index is 13.4. The van der Waals surface area contributed by atoms with E-state index in [9.17, 15) is 9.59 Å². The molecule has 0 spiro atoms. The van der Waals surface area contributed by atoms with Gasteiger partial charge in [-0.3, -0.25) is 9.59 Å². The predicted molar refractivity (Wildman–Crippen MR) is 129 cm³/mol. The SMILES string of the molecule is COc1cccc(C(=O)c2ccccc2)c1Cc1c(OC)cccc1C(=O)c1ccccc1. The van der Waals surface area contributed by atoms with Gasteiger partial charge in [-0.05, 0) is 12.1 Å². The number of hydrogen-bond donors (Lipinski definition) is 0. The van der Waals surface area contributed by atoms with Crippen LogP contribution in [-0.4, -0.2) is 25.8 Å². The van der Waals surface area contributed by atoms with Gasteiger partial charge in [0.05, 0.1) is 14.2 Å². The van der Waals surface area contributed by atoms with E-state index in [0.717, 1.165) is 0 Å². The van der Waals surface area contributed by atoms with Crippen LogP contribution in [0.1, 0.15) is 43.0 Å². The van der Waals surface area contributed by atoms with Crippen LogP contribution in [0.2, 0.25) is 0 Å². The molecular weight excluding hydrogens is 412 g/mol. The van der Waals surface area contributed by atoms with Crippen LogP contribution in [0.3, 0.4) is 0 Å². The summed E-state index contributed by atoms with van der Waals surface area (Å²) in [5.74, 6) is 0.965. The first-order valence-corrected chi connectivity index (χ1v) is 10.6. The Morgan fingerprint density at radius 1 is 0.545 bits per heavy atom. The lowest BCUT2D eigenvalue weighted by atomic mass is 9.89. The summed E-state index contributed by atoms with van der Waals surface area (Å²) >= 11 is 0. The van der Waals surface area contributed by atoms with Crippen molar-refractivity contribution in [1.82, 2.24) is 0 Å². The lowest BCUT2D eigenvalue weighted by Crippen LogP contribution is -2.11. The van der Waals surface area contributed by atoms with Crippen LogP contribution in [0.15, 0.2) is 97.1 Å². The fourth-order valence-electron chi connectivity index (χ4n) is 3.97. The predicted octanol–water partition coefficient (Wildman–Crippen LogP) is 5.76. The van der Waals surface area contributed by atoms with Crippen molar-refractivity contribution in [3.8, 4) is 11.5 Å². The number of ether oxygens (including phenoxy) is 2. The molecule has 0 amide bonds. The van der Waals surface area contributed by atoms with E-state index >= 15 is 0 Å². The molecule has 4 nitrogen and oxygen atoms in total. The summed E-state index contributed by atoms with van der Waals surface area (Å²) in [7, 11) is 3.15. The Kier molecular flexibility index (Phi) is 6.65. The summed E-state index contributed by atoms with van der Waals surface area (Å²) in [6.45, 7) is 0. The van der Waals surface area contributed by atoms with Crippen LogP contribution in [0.25, 0.3) is 0 Å². The molecule has 33 heavy (non-hydrogen) atoms. The zero-order valence-corrected chi connectivity index (χ0v) is 18.6.